The Balaban J connectivity index is 0.000000583. The molecule has 65 heavy (non-hydrogen) atoms. The molecular formula is C60H42N4S. The molecule has 1 atom stereocenters. The normalized spacial score (nSPS) is 14.8. The van der Waals surface area contributed by atoms with Gasteiger partial charge in [0, 0.05) is 42.6 Å². The topological polar surface area (TPSA) is 46.1 Å². The number of nitrogens with zero attached hydrogens (tertiary/aromatic N) is 3. The van der Waals surface area contributed by atoms with Crippen LogP contribution >= 0.6 is 11.8 Å². The van der Waals surface area contributed by atoms with E-state index >= 15 is 0 Å². The summed E-state index contributed by atoms with van der Waals surface area (Å²) in [5.41, 5.74) is 15.7. The van der Waals surface area contributed by atoms with Crippen molar-refractivity contribution < 1.29 is 0 Å². The van der Waals surface area contributed by atoms with E-state index in [4.69, 9.17) is 5.41 Å². The number of hydrogen-bond donors (Lipinski definition) is 1. The Morgan fingerprint density at radius 3 is 1.85 bits per heavy atom. The number of hydrogen-bond acceptors (Lipinski definition) is 3. The van der Waals surface area contributed by atoms with Crippen molar-refractivity contribution in [2.75, 3.05) is 0 Å². The number of aromatic nitrogens is 2. The molecule has 11 aromatic rings. The Labute approximate surface area is 382 Å². The second kappa shape index (κ2) is 15.4. The Morgan fingerprint density at radius 1 is 0.523 bits per heavy atom. The lowest BCUT2D eigenvalue weighted by atomic mass is 9.62. The van der Waals surface area contributed by atoms with Gasteiger partial charge in [-0.2, -0.15) is 0 Å². The van der Waals surface area contributed by atoms with Gasteiger partial charge in [-0.15, -0.1) is 0 Å². The number of allylic oxidation sites excluding steroid dienone is 1. The Kier molecular flexibility index (Phi) is 9.14. The van der Waals surface area contributed by atoms with Crippen LogP contribution in [0.3, 0.4) is 0 Å². The van der Waals surface area contributed by atoms with E-state index in [2.05, 4.69) is 192 Å². The molecule has 0 aliphatic carbocycles. The first-order chi connectivity index (χ1) is 32.1. The van der Waals surface area contributed by atoms with Crippen molar-refractivity contribution in [3.05, 3.63) is 257 Å². The van der Waals surface area contributed by atoms with Crippen LogP contribution in [-0.2, 0) is 5.41 Å². The van der Waals surface area contributed by atoms with E-state index in [1.165, 1.54) is 81.4 Å². The zero-order valence-electron chi connectivity index (χ0n) is 35.7. The van der Waals surface area contributed by atoms with Crippen LogP contribution in [0, 0.1) is 12.3 Å². The molecule has 0 radical (unpaired) electrons. The Hall–Kier alpha value is -7.99. The van der Waals surface area contributed by atoms with Crippen LogP contribution in [0.4, 0.5) is 0 Å². The molecule has 0 amide bonds. The molecule has 2 aromatic heterocycles. The summed E-state index contributed by atoms with van der Waals surface area (Å²) in [6.07, 6.45) is 1.81. The van der Waals surface area contributed by atoms with Gasteiger partial charge in [-0.05, 0) is 83.9 Å². The number of benzene rings is 9. The van der Waals surface area contributed by atoms with Crippen LogP contribution in [0.2, 0.25) is 0 Å². The molecule has 13 rings (SSSR count). The zero-order chi connectivity index (χ0) is 43.6. The molecule has 5 heteroatoms. The molecule has 1 unspecified atom stereocenters. The zero-order valence-corrected chi connectivity index (χ0v) is 36.6. The average molecular weight is 851 g/mol. The molecular weight excluding hydrogens is 809 g/mol. The van der Waals surface area contributed by atoms with E-state index in [1.807, 2.05) is 66.4 Å². The maximum atomic E-state index is 8.88. The Bertz CT molecular complexity index is 3740. The van der Waals surface area contributed by atoms with Gasteiger partial charge in [-0.25, -0.2) is 0 Å². The summed E-state index contributed by atoms with van der Waals surface area (Å²) in [6, 6.07) is 75.9. The average Bonchev–Trinajstić information content (AvgIpc) is 3.89. The lowest BCUT2D eigenvalue weighted by molar-refractivity contribution is 0.691. The number of aryl methyl sites for hydroxylation is 1. The molecule has 308 valence electrons. The van der Waals surface area contributed by atoms with Crippen molar-refractivity contribution in [2.45, 2.75) is 22.1 Å². The number of fused-ring (bicyclic) bond motifs is 15. The fraction of sp³-hybridized carbons (Fsp3) is 0.0333. The highest BCUT2D eigenvalue weighted by Gasteiger charge is 2.50. The predicted molar refractivity (Wildman–Crippen MR) is 273 cm³/mol. The SMILES string of the molecule is C=N/C(=C\C(=N)c1ccccc1)c1cccc(-n2c3ccccc3c3ccc4c(c32)Sc2ccccc2C42c3ccccc3-n3c4ccccc4c4cccc2c43)c1.Cc1ccccc1. The minimum atomic E-state index is -0.588. The molecule has 0 fully saturated rings. The van der Waals surface area contributed by atoms with E-state index in [1.54, 1.807) is 0 Å². The van der Waals surface area contributed by atoms with Crippen molar-refractivity contribution in [2.24, 2.45) is 4.99 Å². The Morgan fingerprint density at radius 2 is 1.11 bits per heavy atom. The molecule has 0 bridgehead atoms. The molecule has 1 N–H and O–H groups in total. The number of rotatable bonds is 5. The van der Waals surface area contributed by atoms with Gasteiger partial charge >= 0.3 is 0 Å². The summed E-state index contributed by atoms with van der Waals surface area (Å²) < 4.78 is 4.94. The predicted octanol–water partition coefficient (Wildman–Crippen LogP) is 15.1. The highest BCUT2D eigenvalue weighted by Crippen LogP contribution is 2.62. The van der Waals surface area contributed by atoms with Crippen LogP contribution in [0.1, 0.15) is 38.9 Å². The summed E-state index contributed by atoms with van der Waals surface area (Å²) in [7, 11) is 0. The second-order valence-electron chi connectivity index (χ2n) is 16.8. The van der Waals surface area contributed by atoms with E-state index in [-0.39, 0.29) is 0 Å². The maximum absolute atomic E-state index is 8.88. The fourth-order valence-corrected chi connectivity index (χ4v) is 11.8. The minimum Gasteiger partial charge on any atom is -0.309 e. The maximum Gasteiger partial charge on any atom is 0.0765 e. The summed E-state index contributed by atoms with van der Waals surface area (Å²) in [5.74, 6) is 0. The van der Waals surface area contributed by atoms with Crippen LogP contribution < -0.4 is 0 Å². The van der Waals surface area contributed by atoms with Crippen molar-refractivity contribution >= 4 is 73.5 Å². The molecule has 0 saturated carbocycles. The quantitative estimate of drug-likeness (QED) is 0.172. The van der Waals surface area contributed by atoms with Gasteiger partial charge in [0.1, 0.15) is 0 Å². The first kappa shape index (κ1) is 38.7. The summed E-state index contributed by atoms with van der Waals surface area (Å²) in [5, 5.41) is 13.8. The highest BCUT2D eigenvalue weighted by molar-refractivity contribution is 7.99. The van der Waals surface area contributed by atoms with Gasteiger partial charge < -0.3 is 14.5 Å². The summed E-state index contributed by atoms with van der Waals surface area (Å²) in [6.45, 7) is 6.02. The number of nitrogens with one attached hydrogen (secondary N) is 1. The van der Waals surface area contributed by atoms with Crippen LogP contribution in [0.5, 0.6) is 0 Å². The molecule has 2 aliphatic rings. The first-order valence-electron chi connectivity index (χ1n) is 22.0. The third kappa shape index (κ3) is 5.86. The summed E-state index contributed by atoms with van der Waals surface area (Å²) >= 11 is 1.88. The lowest BCUT2D eigenvalue weighted by Crippen LogP contribution is -2.37. The van der Waals surface area contributed by atoms with Gasteiger partial charge in [0.2, 0.25) is 0 Å². The number of para-hydroxylation sites is 4. The van der Waals surface area contributed by atoms with Gasteiger partial charge in [0.25, 0.3) is 0 Å². The molecule has 4 heterocycles. The van der Waals surface area contributed by atoms with E-state index < -0.39 is 5.41 Å². The van der Waals surface area contributed by atoms with Crippen LogP contribution in [0.15, 0.2) is 233 Å². The molecule has 9 aromatic carbocycles. The van der Waals surface area contributed by atoms with Crippen LogP contribution in [0.25, 0.3) is 60.7 Å². The molecule has 2 aliphatic heterocycles. The minimum absolute atomic E-state index is 0.390. The third-order valence-electron chi connectivity index (χ3n) is 13.2. The van der Waals surface area contributed by atoms with Crippen molar-refractivity contribution in [1.82, 2.24) is 9.13 Å². The van der Waals surface area contributed by atoms with Crippen LogP contribution in [-0.4, -0.2) is 21.6 Å². The van der Waals surface area contributed by atoms with Gasteiger partial charge in [-0.3, -0.25) is 4.99 Å². The van der Waals surface area contributed by atoms with Crippen molar-refractivity contribution in [1.29, 1.82) is 5.41 Å². The lowest BCUT2D eigenvalue weighted by Gasteiger charge is -2.45. The molecule has 0 saturated heterocycles. The van der Waals surface area contributed by atoms with Gasteiger partial charge in [0.05, 0.1) is 44.6 Å². The van der Waals surface area contributed by atoms with Crippen molar-refractivity contribution in [3.63, 3.8) is 0 Å². The van der Waals surface area contributed by atoms with E-state index in [0.29, 0.717) is 11.4 Å². The van der Waals surface area contributed by atoms with E-state index in [9.17, 15) is 0 Å². The largest absolute Gasteiger partial charge is 0.309 e. The molecule has 4 nitrogen and oxygen atoms in total. The summed E-state index contributed by atoms with van der Waals surface area (Å²) in [4.78, 5) is 6.95. The third-order valence-corrected chi connectivity index (χ3v) is 14.4. The van der Waals surface area contributed by atoms with Gasteiger partial charge in [0.15, 0.2) is 0 Å². The number of aliphatic imine (C=N–C) groups is 1. The standard InChI is InChI=1S/C53H34N4S.C7H8/c1-55-45(32-44(54)33-15-3-2-4-16-33)34-17-13-18-35(31-34)56-46-25-9-5-20-37(46)39-29-30-43-52(51(39)56)58-49-28-12-8-23-41(49)53(43)40-22-7-11-27-48(40)57-47-26-10-6-19-36(47)38-21-14-24-42(53)50(38)57;1-7-5-3-2-4-6-7/h2-32,54H,1H2;2-6H,1H3/b45-32-,54-44?;. The highest BCUT2D eigenvalue weighted by atomic mass is 32.2. The first-order valence-corrected chi connectivity index (χ1v) is 22.8. The fourth-order valence-electron chi connectivity index (χ4n) is 10.5. The monoisotopic (exact) mass is 850 g/mol. The molecule has 1 spiro atoms. The second-order valence-corrected chi connectivity index (χ2v) is 17.8. The van der Waals surface area contributed by atoms with Crippen molar-refractivity contribution in [3.8, 4) is 11.4 Å². The smallest absolute Gasteiger partial charge is 0.0765 e. The van der Waals surface area contributed by atoms with E-state index in [0.717, 1.165) is 22.3 Å². The van der Waals surface area contributed by atoms with Gasteiger partial charge in [-0.1, -0.05) is 193 Å².